The predicted octanol–water partition coefficient (Wildman–Crippen LogP) is 2.81. The van der Waals surface area contributed by atoms with E-state index in [0.717, 1.165) is 29.3 Å². The van der Waals surface area contributed by atoms with Crippen molar-refractivity contribution < 1.29 is 8.42 Å². The molecule has 3 aliphatic rings. The van der Waals surface area contributed by atoms with Crippen molar-refractivity contribution in [2.75, 3.05) is 31.1 Å². The first-order valence-electron chi connectivity index (χ1n) is 10.8. The van der Waals surface area contributed by atoms with Gasteiger partial charge in [0.1, 0.15) is 16.5 Å². The van der Waals surface area contributed by atoms with Gasteiger partial charge in [-0.15, -0.1) is 11.3 Å². The summed E-state index contributed by atoms with van der Waals surface area (Å²) in [5.41, 5.74) is 1.45. The van der Waals surface area contributed by atoms with Gasteiger partial charge in [-0.2, -0.15) is 17.4 Å². The lowest BCUT2D eigenvalue weighted by Crippen LogP contribution is -2.53. The summed E-state index contributed by atoms with van der Waals surface area (Å²) in [6.45, 7) is 6.01. The molecule has 2 aromatic heterocycles. The molecule has 0 atom stereocenters. The quantitative estimate of drug-likeness (QED) is 0.781. The molecule has 2 aromatic rings. The molecule has 1 N–H and O–H groups in total. The molecule has 0 radical (unpaired) electrons. The van der Waals surface area contributed by atoms with E-state index in [1.54, 1.807) is 4.31 Å². The molecule has 0 amide bonds. The summed E-state index contributed by atoms with van der Waals surface area (Å²) in [5, 5.41) is 1.24. The number of fused-ring (bicyclic) bond motifs is 3. The van der Waals surface area contributed by atoms with Crippen molar-refractivity contribution in [2.45, 2.75) is 64.3 Å². The minimum absolute atomic E-state index is 0.0991. The smallest absolute Gasteiger partial charge is 0.279 e. The highest BCUT2D eigenvalue weighted by Gasteiger charge is 2.33. The van der Waals surface area contributed by atoms with Crippen molar-refractivity contribution in [1.29, 1.82) is 0 Å². The van der Waals surface area contributed by atoms with Crippen LogP contribution in [0.25, 0.3) is 10.2 Å². The summed E-state index contributed by atoms with van der Waals surface area (Å²) >= 11 is 1.85. The average molecular weight is 436 g/mol. The van der Waals surface area contributed by atoms with E-state index in [2.05, 4.69) is 9.62 Å². The number of hydrogen-bond acceptors (Lipinski definition) is 6. The van der Waals surface area contributed by atoms with Crippen molar-refractivity contribution in [3.63, 3.8) is 0 Å². The molecule has 1 aliphatic heterocycles. The maximum Gasteiger partial charge on any atom is 0.279 e. The van der Waals surface area contributed by atoms with Gasteiger partial charge in [0.25, 0.3) is 10.2 Å². The Kier molecular flexibility index (Phi) is 5.04. The Balaban J connectivity index is 1.46. The molecule has 2 aliphatic carbocycles. The highest BCUT2D eigenvalue weighted by molar-refractivity contribution is 7.87. The van der Waals surface area contributed by atoms with Gasteiger partial charge in [-0.1, -0.05) is 0 Å². The number of rotatable bonds is 5. The summed E-state index contributed by atoms with van der Waals surface area (Å²) < 4.78 is 29.3. The molecule has 3 heterocycles. The van der Waals surface area contributed by atoms with Gasteiger partial charge in [-0.05, 0) is 57.9 Å². The van der Waals surface area contributed by atoms with Gasteiger partial charge in [-0.3, -0.25) is 0 Å². The first-order chi connectivity index (χ1) is 13.9. The topological polar surface area (TPSA) is 78.4 Å². The van der Waals surface area contributed by atoms with Gasteiger partial charge in [0, 0.05) is 43.0 Å². The molecule has 1 saturated heterocycles. The van der Waals surface area contributed by atoms with Crippen LogP contribution in [0.3, 0.4) is 0 Å². The minimum atomic E-state index is -3.42. The number of thiophene rings is 1. The zero-order valence-electron chi connectivity index (χ0n) is 17.1. The first kappa shape index (κ1) is 19.7. The van der Waals surface area contributed by atoms with Crippen LogP contribution in [-0.4, -0.2) is 54.9 Å². The standard InChI is InChI=1S/C20H29N5O2S2/c1-13(2)23-29(26,27)25-11-9-24(10-12-25)19-17-15-5-3-4-6-16(15)28-20(17)22-18(21-19)14-7-8-14/h13-14,23H,3-12H2,1-2H3. The van der Waals surface area contributed by atoms with Crippen LogP contribution in [0, 0.1) is 0 Å². The molecule has 29 heavy (non-hydrogen) atoms. The number of aromatic nitrogens is 2. The molecule has 0 bridgehead atoms. The average Bonchev–Trinajstić information content (AvgIpc) is 3.47. The summed E-state index contributed by atoms with van der Waals surface area (Å²) in [6, 6.07) is -0.0991. The molecule has 0 unspecified atom stereocenters. The van der Waals surface area contributed by atoms with E-state index in [0.29, 0.717) is 32.1 Å². The third kappa shape index (κ3) is 3.78. The van der Waals surface area contributed by atoms with Crippen molar-refractivity contribution in [3.8, 4) is 0 Å². The lowest BCUT2D eigenvalue weighted by Gasteiger charge is -2.35. The van der Waals surface area contributed by atoms with Gasteiger partial charge in [-0.25, -0.2) is 9.97 Å². The van der Waals surface area contributed by atoms with Crippen molar-refractivity contribution in [2.24, 2.45) is 0 Å². The Bertz CT molecular complexity index is 1020. The highest BCUT2D eigenvalue weighted by atomic mass is 32.2. The van der Waals surface area contributed by atoms with E-state index in [1.165, 1.54) is 41.5 Å². The van der Waals surface area contributed by atoms with Crippen LogP contribution in [0.4, 0.5) is 5.82 Å². The maximum atomic E-state index is 12.5. The van der Waals surface area contributed by atoms with Crippen LogP contribution >= 0.6 is 11.3 Å². The molecular formula is C20H29N5O2S2. The number of nitrogens with zero attached hydrogens (tertiary/aromatic N) is 4. The first-order valence-corrected chi connectivity index (χ1v) is 13.0. The Morgan fingerprint density at radius 3 is 2.48 bits per heavy atom. The third-order valence-corrected chi connectivity index (χ3v) is 9.02. The molecule has 1 saturated carbocycles. The summed E-state index contributed by atoms with van der Waals surface area (Å²) in [6.07, 6.45) is 7.13. The van der Waals surface area contributed by atoms with Crippen molar-refractivity contribution in [3.05, 3.63) is 16.3 Å². The summed E-state index contributed by atoms with van der Waals surface area (Å²) in [4.78, 5) is 14.9. The van der Waals surface area contributed by atoms with Crippen LogP contribution in [0.5, 0.6) is 0 Å². The molecule has 0 aromatic carbocycles. The second-order valence-corrected chi connectivity index (χ2v) is 11.5. The summed E-state index contributed by atoms with van der Waals surface area (Å²) in [7, 11) is -3.42. The van der Waals surface area contributed by atoms with Gasteiger partial charge in [0.05, 0.1) is 5.39 Å². The Morgan fingerprint density at radius 2 is 1.79 bits per heavy atom. The van der Waals surface area contributed by atoms with Crippen LogP contribution in [-0.2, 0) is 23.1 Å². The normalized spacial score (nSPS) is 21.1. The Morgan fingerprint density at radius 1 is 1.07 bits per heavy atom. The lowest BCUT2D eigenvalue weighted by molar-refractivity contribution is 0.375. The molecule has 2 fully saturated rings. The fourth-order valence-electron chi connectivity index (χ4n) is 4.42. The van der Waals surface area contributed by atoms with Gasteiger partial charge in [0.15, 0.2) is 0 Å². The van der Waals surface area contributed by atoms with Crippen LogP contribution in [0.2, 0.25) is 0 Å². The Hall–Kier alpha value is -1.29. The van der Waals surface area contributed by atoms with E-state index in [9.17, 15) is 8.42 Å². The molecule has 0 spiro atoms. The largest absolute Gasteiger partial charge is 0.353 e. The van der Waals surface area contributed by atoms with E-state index in [4.69, 9.17) is 9.97 Å². The molecule has 158 valence electrons. The predicted molar refractivity (Wildman–Crippen MR) is 117 cm³/mol. The zero-order valence-corrected chi connectivity index (χ0v) is 18.8. The van der Waals surface area contributed by atoms with Crippen molar-refractivity contribution >= 4 is 37.6 Å². The molecule has 7 nitrogen and oxygen atoms in total. The van der Waals surface area contributed by atoms with Crippen molar-refractivity contribution in [1.82, 2.24) is 19.0 Å². The zero-order chi connectivity index (χ0) is 20.2. The summed E-state index contributed by atoms with van der Waals surface area (Å²) in [5.74, 6) is 2.54. The lowest BCUT2D eigenvalue weighted by atomic mass is 9.97. The van der Waals surface area contributed by atoms with E-state index in [-0.39, 0.29) is 6.04 Å². The van der Waals surface area contributed by atoms with Crippen LogP contribution in [0.1, 0.15) is 61.7 Å². The second-order valence-electron chi connectivity index (χ2n) is 8.73. The van der Waals surface area contributed by atoms with E-state index < -0.39 is 10.2 Å². The van der Waals surface area contributed by atoms with Gasteiger partial charge in [0.2, 0.25) is 0 Å². The highest BCUT2D eigenvalue weighted by Crippen LogP contribution is 2.44. The monoisotopic (exact) mass is 435 g/mol. The molecule has 5 rings (SSSR count). The number of piperazine rings is 1. The molecular weight excluding hydrogens is 406 g/mol. The van der Waals surface area contributed by atoms with Crippen LogP contribution < -0.4 is 9.62 Å². The molecule has 9 heteroatoms. The fourth-order valence-corrected chi connectivity index (χ4v) is 7.07. The maximum absolute atomic E-state index is 12.5. The minimum Gasteiger partial charge on any atom is -0.353 e. The third-order valence-electron chi connectivity index (χ3n) is 6.02. The van der Waals surface area contributed by atoms with Gasteiger partial charge < -0.3 is 4.90 Å². The fraction of sp³-hybridized carbons (Fsp3) is 0.700. The number of hydrogen-bond donors (Lipinski definition) is 1. The Labute approximate surface area is 176 Å². The number of aryl methyl sites for hydroxylation is 2. The van der Waals surface area contributed by atoms with E-state index in [1.807, 2.05) is 25.2 Å². The van der Waals surface area contributed by atoms with E-state index >= 15 is 0 Å². The number of anilines is 1. The second kappa shape index (κ2) is 7.44. The van der Waals surface area contributed by atoms with Gasteiger partial charge >= 0.3 is 0 Å². The SMILES string of the molecule is CC(C)NS(=O)(=O)N1CCN(c2nc(C3CC3)nc3sc4c(c23)CCCC4)CC1. The number of nitrogens with one attached hydrogen (secondary N) is 1. The van der Waals surface area contributed by atoms with Crippen LogP contribution in [0.15, 0.2) is 0 Å².